The third-order valence-electron chi connectivity index (χ3n) is 3.86. The average Bonchev–Trinajstić information content (AvgIpc) is 2.55. The fourth-order valence-electron chi connectivity index (χ4n) is 2.64. The van der Waals surface area contributed by atoms with Gasteiger partial charge in [-0.05, 0) is 31.2 Å². The molecule has 0 aliphatic heterocycles. The van der Waals surface area contributed by atoms with Gasteiger partial charge in [0.2, 0.25) is 5.95 Å². The van der Waals surface area contributed by atoms with E-state index in [4.69, 9.17) is 5.73 Å². The number of benzene rings is 1. The number of aromatic nitrogens is 2. The number of hydrogen-bond donors (Lipinski definition) is 3. The predicted molar refractivity (Wildman–Crippen MR) is 94.3 cm³/mol. The van der Waals surface area contributed by atoms with Crippen LogP contribution < -0.4 is 11.1 Å². The van der Waals surface area contributed by atoms with Crippen molar-refractivity contribution in [2.75, 3.05) is 17.7 Å². The molecule has 0 spiro atoms. The van der Waals surface area contributed by atoms with E-state index in [9.17, 15) is 5.11 Å². The van der Waals surface area contributed by atoms with E-state index in [1.807, 2.05) is 18.2 Å². The highest BCUT2D eigenvalue weighted by Crippen LogP contribution is 2.19. The van der Waals surface area contributed by atoms with Crippen LogP contribution in [0.4, 0.5) is 11.8 Å². The van der Waals surface area contributed by atoms with Gasteiger partial charge in [-0.25, -0.2) is 4.98 Å². The summed E-state index contributed by atoms with van der Waals surface area (Å²) < 4.78 is 0. The monoisotopic (exact) mass is 314 g/mol. The van der Waals surface area contributed by atoms with Crippen LogP contribution in [0, 0.1) is 0 Å². The molecule has 0 unspecified atom stereocenters. The first-order valence-corrected chi connectivity index (χ1v) is 8.25. The topological polar surface area (TPSA) is 84.1 Å². The molecular formula is C18H26N4O. The van der Waals surface area contributed by atoms with E-state index in [2.05, 4.69) is 34.3 Å². The molecule has 0 fully saturated rings. The molecule has 124 valence electrons. The molecule has 1 aromatic carbocycles. The number of aliphatic hydroxyl groups is 1. The van der Waals surface area contributed by atoms with Crippen molar-refractivity contribution >= 4 is 11.8 Å². The van der Waals surface area contributed by atoms with Crippen molar-refractivity contribution in [2.24, 2.45) is 0 Å². The van der Waals surface area contributed by atoms with Crippen molar-refractivity contribution in [3.63, 3.8) is 0 Å². The Morgan fingerprint density at radius 2 is 1.96 bits per heavy atom. The van der Waals surface area contributed by atoms with Crippen molar-refractivity contribution in [3.8, 4) is 0 Å². The first-order valence-electron chi connectivity index (χ1n) is 8.25. The van der Waals surface area contributed by atoms with Crippen molar-refractivity contribution in [3.05, 3.63) is 47.7 Å². The van der Waals surface area contributed by atoms with E-state index in [0.29, 0.717) is 6.42 Å². The largest absolute Gasteiger partial charge is 0.396 e. The first-order chi connectivity index (χ1) is 11.2. The number of nitrogens with two attached hydrogens (primary N) is 1. The number of nitrogen functional groups attached to an aromatic ring is 1. The maximum Gasteiger partial charge on any atom is 0.221 e. The number of rotatable bonds is 9. The summed E-state index contributed by atoms with van der Waals surface area (Å²) in [6.45, 7) is 2.30. The van der Waals surface area contributed by atoms with Gasteiger partial charge in [0.15, 0.2) is 0 Å². The van der Waals surface area contributed by atoms with Crippen LogP contribution in [-0.2, 0) is 12.8 Å². The summed E-state index contributed by atoms with van der Waals surface area (Å²) in [6.07, 6.45) is 6.33. The van der Waals surface area contributed by atoms with Gasteiger partial charge >= 0.3 is 0 Å². The fourth-order valence-corrected chi connectivity index (χ4v) is 2.64. The Balaban J connectivity index is 2.09. The summed E-state index contributed by atoms with van der Waals surface area (Å²) in [6, 6.07) is 10.6. The first kappa shape index (κ1) is 17.2. The predicted octanol–water partition coefficient (Wildman–Crippen LogP) is 2.81. The Morgan fingerprint density at radius 3 is 2.65 bits per heavy atom. The molecule has 1 aromatic heterocycles. The molecule has 0 bridgehead atoms. The zero-order valence-corrected chi connectivity index (χ0v) is 13.7. The molecule has 23 heavy (non-hydrogen) atoms. The van der Waals surface area contributed by atoms with E-state index >= 15 is 0 Å². The minimum Gasteiger partial charge on any atom is -0.396 e. The minimum absolute atomic E-state index is 0.164. The van der Waals surface area contributed by atoms with Crippen LogP contribution in [0.15, 0.2) is 36.5 Å². The van der Waals surface area contributed by atoms with Crippen LogP contribution in [0.2, 0.25) is 0 Å². The lowest BCUT2D eigenvalue weighted by molar-refractivity contribution is 0.276. The van der Waals surface area contributed by atoms with Crippen LogP contribution in [0.25, 0.3) is 0 Å². The van der Waals surface area contributed by atoms with Gasteiger partial charge in [0.05, 0.1) is 0 Å². The SMILES string of the molecule is CCC[C@H](CCO)Nc1nc(N)ncc1CCc1ccccc1. The number of aryl methyl sites for hydroxylation is 2. The molecular weight excluding hydrogens is 288 g/mol. The maximum atomic E-state index is 9.22. The average molecular weight is 314 g/mol. The molecule has 5 heteroatoms. The van der Waals surface area contributed by atoms with Crippen LogP contribution in [0.3, 0.4) is 0 Å². The van der Waals surface area contributed by atoms with Gasteiger partial charge in [-0.15, -0.1) is 0 Å². The quantitative estimate of drug-likeness (QED) is 0.663. The molecule has 0 radical (unpaired) electrons. The van der Waals surface area contributed by atoms with Gasteiger partial charge in [0.1, 0.15) is 5.82 Å². The van der Waals surface area contributed by atoms with Crippen molar-refractivity contribution < 1.29 is 5.11 Å². The Labute approximate surface area is 138 Å². The van der Waals surface area contributed by atoms with E-state index in [-0.39, 0.29) is 18.6 Å². The van der Waals surface area contributed by atoms with Gasteiger partial charge in [-0.2, -0.15) is 4.98 Å². The summed E-state index contributed by atoms with van der Waals surface area (Å²) in [5.41, 5.74) is 8.09. The standard InChI is InChI=1S/C18H26N4O/c1-2-6-16(11-12-23)21-17-15(13-20-18(19)22-17)10-9-14-7-4-3-5-8-14/h3-5,7-8,13,16,23H,2,6,9-12H2,1H3,(H3,19,20,21,22)/t16-/m1/s1. The number of nitrogens with one attached hydrogen (secondary N) is 1. The van der Waals surface area contributed by atoms with E-state index in [1.54, 1.807) is 6.20 Å². The zero-order valence-electron chi connectivity index (χ0n) is 13.7. The molecule has 0 amide bonds. The molecule has 2 rings (SSSR count). The number of aliphatic hydroxyl groups excluding tert-OH is 1. The van der Waals surface area contributed by atoms with E-state index in [1.165, 1.54) is 5.56 Å². The lowest BCUT2D eigenvalue weighted by Gasteiger charge is -2.20. The highest BCUT2D eigenvalue weighted by atomic mass is 16.3. The molecule has 0 saturated heterocycles. The molecule has 0 aliphatic rings. The van der Waals surface area contributed by atoms with Gasteiger partial charge in [0.25, 0.3) is 0 Å². The summed E-state index contributed by atoms with van der Waals surface area (Å²) in [5, 5.41) is 12.7. The minimum atomic E-state index is 0.164. The van der Waals surface area contributed by atoms with Crippen molar-refractivity contribution in [1.29, 1.82) is 0 Å². The highest BCUT2D eigenvalue weighted by molar-refractivity contribution is 5.47. The van der Waals surface area contributed by atoms with Crippen LogP contribution in [-0.4, -0.2) is 27.7 Å². The number of nitrogens with zero attached hydrogens (tertiary/aromatic N) is 2. The zero-order chi connectivity index (χ0) is 16.5. The van der Waals surface area contributed by atoms with Gasteiger partial charge in [-0.3, -0.25) is 0 Å². The van der Waals surface area contributed by atoms with Gasteiger partial charge in [0, 0.05) is 24.4 Å². The summed E-state index contributed by atoms with van der Waals surface area (Å²) in [5.74, 6) is 1.07. The van der Waals surface area contributed by atoms with Gasteiger partial charge in [-0.1, -0.05) is 43.7 Å². The van der Waals surface area contributed by atoms with Crippen molar-refractivity contribution in [2.45, 2.75) is 45.1 Å². The fraction of sp³-hybridized carbons (Fsp3) is 0.444. The van der Waals surface area contributed by atoms with Crippen LogP contribution in [0.5, 0.6) is 0 Å². The second-order valence-electron chi connectivity index (χ2n) is 5.73. The van der Waals surface area contributed by atoms with Crippen molar-refractivity contribution in [1.82, 2.24) is 9.97 Å². The Kier molecular flexibility index (Phi) is 6.81. The molecule has 4 N–H and O–H groups in total. The second-order valence-corrected chi connectivity index (χ2v) is 5.73. The van der Waals surface area contributed by atoms with E-state index < -0.39 is 0 Å². The normalized spacial score (nSPS) is 12.1. The number of anilines is 2. The molecule has 1 atom stereocenters. The second kappa shape index (κ2) is 9.10. The number of hydrogen-bond acceptors (Lipinski definition) is 5. The lowest BCUT2D eigenvalue weighted by Crippen LogP contribution is -2.23. The Bertz CT molecular complexity index is 583. The molecule has 1 heterocycles. The molecule has 0 aliphatic carbocycles. The van der Waals surface area contributed by atoms with E-state index in [0.717, 1.165) is 37.1 Å². The Hall–Kier alpha value is -2.14. The van der Waals surface area contributed by atoms with Gasteiger partial charge < -0.3 is 16.2 Å². The molecule has 5 nitrogen and oxygen atoms in total. The lowest BCUT2D eigenvalue weighted by atomic mass is 10.0. The van der Waals surface area contributed by atoms with Crippen LogP contribution in [0.1, 0.15) is 37.3 Å². The molecule has 0 saturated carbocycles. The third-order valence-corrected chi connectivity index (χ3v) is 3.86. The third kappa shape index (κ3) is 5.53. The smallest absolute Gasteiger partial charge is 0.221 e. The molecule has 2 aromatic rings. The maximum absolute atomic E-state index is 9.22. The summed E-state index contributed by atoms with van der Waals surface area (Å²) in [4.78, 5) is 8.49. The van der Waals surface area contributed by atoms with Crippen LogP contribution >= 0.6 is 0 Å². The highest BCUT2D eigenvalue weighted by Gasteiger charge is 2.12. The summed E-state index contributed by atoms with van der Waals surface area (Å²) in [7, 11) is 0. The summed E-state index contributed by atoms with van der Waals surface area (Å²) >= 11 is 0. The Morgan fingerprint density at radius 1 is 1.17 bits per heavy atom.